The fraction of sp³-hybridized carbons (Fsp3) is 0.176. The molecule has 0 bridgehead atoms. The second-order valence-corrected chi connectivity index (χ2v) is 4.48. The Hall–Kier alpha value is -3.02. The summed E-state index contributed by atoms with van der Waals surface area (Å²) in [5.74, 6) is 0.235. The molecule has 6 heteroatoms. The van der Waals surface area contributed by atoms with Crippen molar-refractivity contribution in [2.45, 2.75) is 0 Å². The average Bonchev–Trinajstić information content (AvgIpc) is 2.60. The zero-order valence-corrected chi connectivity index (χ0v) is 13.0. The standard InChI is InChI=1S/C17H16O6/c1-20-14-8-7-12(17(19)22-3)10-15(14)23-13-6-4-5-11(9-13)16(18)21-2/h4-10H,1-3H3. The van der Waals surface area contributed by atoms with Crippen molar-refractivity contribution in [3.05, 3.63) is 53.6 Å². The molecular weight excluding hydrogens is 300 g/mol. The molecule has 2 rings (SSSR count). The molecule has 0 radical (unpaired) electrons. The van der Waals surface area contributed by atoms with Gasteiger partial charge in [0, 0.05) is 0 Å². The first kappa shape index (κ1) is 16.4. The summed E-state index contributed by atoms with van der Waals surface area (Å²) in [5.41, 5.74) is 0.681. The summed E-state index contributed by atoms with van der Waals surface area (Å²) in [6, 6.07) is 11.2. The molecule has 0 aliphatic carbocycles. The topological polar surface area (TPSA) is 71.1 Å². The molecular formula is C17H16O6. The van der Waals surface area contributed by atoms with Crippen molar-refractivity contribution in [3.63, 3.8) is 0 Å². The van der Waals surface area contributed by atoms with Crippen LogP contribution in [0.3, 0.4) is 0 Å². The van der Waals surface area contributed by atoms with Crippen LogP contribution in [-0.4, -0.2) is 33.3 Å². The minimum atomic E-state index is -0.485. The molecule has 2 aromatic rings. The predicted octanol–water partition coefficient (Wildman–Crippen LogP) is 3.06. The summed E-state index contributed by atoms with van der Waals surface area (Å²) in [6.07, 6.45) is 0. The summed E-state index contributed by atoms with van der Waals surface area (Å²) in [5, 5.41) is 0. The number of esters is 2. The molecule has 0 spiro atoms. The Kier molecular flexibility index (Phi) is 5.19. The van der Waals surface area contributed by atoms with Crippen molar-refractivity contribution >= 4 is 11.9 Å². The summed E-state index contributed by atoms with van der Waals surface area (Å²) >= 11 is 0. The Morgan fingerprint density at radius 3 is 2.04 bits per heavy atom. The van der Waals surface area contributed by atoms with Crippen LogP contribution in [0, 0.1) is 0 Å². The van der Waals surface area contributed by atoms with Crippen LogP contribution < -0.4 is 9.47 Å². The van der Waals surface area contributed by atoms with E-state index in [2.05, 4.69) is 9.47 Å². The van der Waals surface area contributed by atoms with Crippen LogP contribution in [0.4, 0.5) is 0 Å². The molecule has 0 aliphatic rings. The Morgan fingerprint density at radius 2 is 1.43 bits per heavy atom. The van der Waals surface area contributed by atoms with Crippen molar-refractivity contribution in [2.24, 2.45) is 0 Å². The lowest BCUT2D eigenvalue weighted by molar-refractivity contribution is 0.0592. The van der Waals surface area contributed by atoms with Crippen LogP contribution in [0.5, 0.6) is 17.2 Å². The van der Waals surface area contributed by atoms with E-state index in [1.165, 1.54) is 33.5 Å². The second-order valence-electron chi connectivity index (χ2n) is 4.48. The SMILES string of the molecule is COC(=O)c1cccc(Oc2cc(C(=O)OC)ccc2OC)c1. The fourth-order valence-corrected chi connectivity index (χ4v) is 1.93. The van der Waals surface area contributed by atoms with E-state index in [0.29, 0.717) is 28.4 Å². The third-order valence-corrected chi connectivity index (χ3v) is 3.07. The molecule has 0 fully saturated rings. The van der Waals surface area contributed by atoms with Crippen LogP contribution in [0.2, 0.25) is 0 Å². The van der Waals surface area contributed by atoms with Crippen LogP contribution in [0.1, 0.15) is 20.7 Å². The maximum atomic E-state index is 11.6. The van der Waals surface area contributed by atoms with Crippen LogP contribution in [-0.2, 0) is 9.47 Å². The minimum Gasteiger partial charge on any atom is -0.493 e. The van der Waals surface area contributed by atoms with E-state index in [1.54, 1.807) is 30.3 Å². The van der Waals surface area contributed by atoms with E-state index in [4.69, 9.17) is 9.47 Å². The molecule has 0 unspecified atom stereocenters. The number of ether oxygens (including phenoxy) is 4. The Bertz CT molecular complexity index is 723. The van der Waals surface area contributed by atoms with Gasteiger partial charge in [0.25, 0.3) is 0 Å². The molecule has 0 N–H and O–H groups in total. The average molecular weight is 316 g/mol. The van der Waals surface area contributed by atoms with Gasteiger partial charge in [-0.3, -0.25) is 0 Å². The van der Waals surface area contributed by atoms with E-state index in [9.17, 15) is 9.59 Å². The monoisotopic (exact) mass is 316 g/mol. The molecule has 0 saturated heterocycles. The molecule has 0 atom stereocenters. The van der Waals surface area contributed by atoms with Crippen LogP contribution in [0.25, 0.3) is 0 Å². The lowest BCUT2D eigenvalue weighted by Crippen LogP contribution is -2.03. The van der Waals surface area contributed by atoms with Gasteiger partial charge in [0.1, 0.15) is 5.75 Å². The van der Waals surface area contributed by atoms with Gasteiger partial charge in [-0.2, -0.15) is 0 Å². The number of hydrogen-bond acceptors (Lipinski definition) is 6. The van der Waals surface area contributed by atoms with Gasteiger partial charge in [-0.15, -0.1) is 0 Å². The third-order valence-electron chi connectivity index (χ3n) is 3.07. The van der Waals surface area contributed by atoms with Gasteiger partial charge in [-0.25, -0.2) is 9.59 Å². The fourth-order valence-electron chi connectivity index (χ4n) is 1.93. The summed E-state index contributed by atoms with van der Waals surface area (Å²) in [4.78, 5) is 23.2. The van der Waals surface area contributed by atoms with E-state index in [1.807, 2.05) is 0 Å². The zero-order chi connectivity index (χ0) is 16.8. The zero-order valence-electron chi connectivity index (χ0n) is 13.0. The highest BCUT2D eigenvalue weighted by Crippen LogP contribution is 2.33. The predicted molar refractivity (Wildman–Crippen MR) is 82.2 cm³/mol. The van der Waals surface area contributed by atoms with Crippen LogP contribution >= 0.6 is 0 Å². The lowest BCUT2D eigenvalue weighted by Gasteiger charge is -2.12. The van der Waals surface area contributed by atoms with Crippen molar-refractivity contribution in [1.82, 2.24) is 0 Å². The normalized spacial score (nSPS) is 9.87. The highest BCUT2D eigenvalue weighted by atomic mass is 16.5. The van der Waals surface area contributed by atoms with E-state index in [-0.39, 0.29) is 0 Å². The number of rotatable bonds is 5. The first-order valence-corrected chi connectivity index (χ1v) is 6.71. The van der Waals surface area contributed by atoms with Gasteiger partial charge in [0.2, 0.25) is 0 Å². The smallest absolute Gasteiger partial charge is 0.337 e. The summed E-state index contributed by atoms with van der Waals surface area (Å²) in [7, 11) is 4.09. The Labute approximate surface area is 133 Å². The first-order chi connectivity index (χ1) is 11.1. The maximum Gasteiger partial charge on any atom is 0.337 e. The highest BCUT2D eigenvalue weighted by Gasteiger charge is 2.13. The van der Waals surface area contributed by atoms with Gasteiger partial charge in [-0.1, -0.05) is 6.07 Å². The van der Waals surface area contributed by atoms with Crippen molar-refractivity contribution in [3.8, 4) is 17.2 Å². The third kappa shape index (κ3) is 3.79. The highest BCUT2D eigenvalue weighted by molar-refractivity contribution is 5.90. The largest absolute Gasteiger partial charge is 0.493 e. The van der Waals surface area contributed by atoms with Gasteiger partial charge < -0.3 is 18.9 Å². The van der Waals surface area contributed by atoms with Crippen molar-refractivity contribution < 1.29 is 28.5 Å². The number of carbonyl (C=O) groups is 2. The molecule has 23 heavy (non-hydrogen) atoms. The minimum absolute atomic E-state index is 0.326. The number of carbonyl (C=O) groups excluding carboxylic acids is 2. The van der Waals surface area contributed by atoms with Crippen molar-refractivity contribution in [2.75, 3.05) is 21.3 Å². The first-order valence-electron chi connectivity index (χ1n) is 6.71. The summed E-state index contributed by atoms with van der Waals surface area (Å²) in [6.45, 7) is 0. The van der Waals surface area contributed by atoms with Gasteiger partial charge >= 0.3 is 11.9 Å². The quantitative estimate of drug-likeness (QED) is 0.790. The maximum absolute atomic E-state index is 11.6. The Morgan fingerprint density at radius 1 is 0.783 bits per heavy atom. The molecule has 120 valence electrons. The molecule has 2 aromatic carbocycles. The van der Waals surface area contributed by atoms with Crippen molar-refractivity contribution in [1.29, 1.82) is 0 Å². The van der Waals surface area contributed by atoms with Gasteiger partial charge in [-0.05, 0) is 36.4 Å². The van der Waals surface area contributed by atoms with Gasteiger partial charge in [0.15, 0.2) is 11.5 Å². The molecule has 0 aliphatic heterocycles. The molecule has 0 amide bonds. The molecule has 0 saturated carbocycles. The number of hydrogen-bond donors (Lipinski definition) is 0. The van der Waals surface area contributed by atoms with E-state index < -0.39 is 11.9 Å². The van der Waals surface area contributed by atoms with E-state index >= 15 is 0 Å². The molecule has 0 heterocycles. The Balaban J connectivity index is 2.35. The number of methoxy groups -OCH3 is 3. The molecule has 0 aromatic heterocycles. The second kappa shape index (κ2) is 7.31. The van der Waals surface area contributed by atoms with Gasteiger partial charge in [0.05, 0.1) is 32.5 Å². The number of benzene rings is 2. The lowest BCUT2D eigenvalue weighted by atomic mass is 10.2. The van der Waals surface area contributed by atoms with E-state index in [0.717, 1.165) is 0 Å². The molecule has 6 nitrogen and oxygen atoms in total. The van der Waals surface area contributed by atoms with Crippen LogP contribution in [0.15, 0.2) is 42.5 Å². The summed E-state index contributed by atoms with van der Waals surface area (Å²) < 4.78 is 20.3.